The summed E-state index contributed by atoms with van der Waals surface area (Å²) < 4.78 is 0. The summed E-state index contributed by atoms with van der Waals surface area (Å²) in [6.07, 6.45) is 0. The fourth-order valence-corrected chi connectivity index (χ4v) is 2.26. The normalized spacial score (nSPS) is 10.2. The van der Waals surface area contributed by atoms with E-state index in [0.29, 0.717) is 11.4 Å². The van der Waals surface area contributed by atoms with E-state index in [9.17, 15) is 4.79 Å². The van der Waals surface area contributed by atoms with Crippen molar-refractivity contribution >= 4 is 22.9 Å². The smallest absolute Gasteiger partial charge is 0.206 e. The monoisotopic (exact) mass is 246 g/mol. The molecule has 0 aromatic carbocycles. The first kappa shape index (κ1) is 11.8. The molecule has 0 spiro atoms. The van der Waals surface area contributed by atoms with Crippen LogP contribution in [0.25, 0.3) is 0 Å². The van der Waals surface area contributed by atoms with E-state index >= 15 is 0 Å². The van der Waals surface area contributed by atoms with E-state index < -0.39 is 0 Å². The molecular formula is C13H14N2OS. The number of aromatic nitrogens is 1. The minimum absolute atomic E-state index is 0.0310. The van der Waals surface area contributed by atoms with Gasteiger partial charge in [-0.05, 0) is 37.4 Å². The Balaban J connectivity index is 2.41. The Morgan fingerprint density at radius 2 is 2.24 bits per heavy atom. The first-order valence-electron chi connectivity index (χ1n) is 5.52. The minimum atomic E-state index is 0.0310. The molecule has 2 aromatic rings. The van der Waals surface area contributed by atoms with E-state index in [-0.39, 0.29) is 5.78 Å². The van der Waals surface area contributed by atoms with Gasteiger partial charge in [0.25, 0.3) is 0 Å². The van der Waals surface area contributed by atoms with Gasteiger partial charge in [0.05, 0.1) is 10.4 Å². The highest BCUT2D eigenvalue weighted by atomic mass is 32.1. The Morgan fingerprint density at radius 3 is 2.88 bits per heavy atom. The van der Waals surface area contributed by atoms with Crippen LogP contribution in [0.4, 0.5) is 5.82 Å². The average Bonchev–Trinajstić information content (AvgIpc) is 2.82. The number of rotatable bonds is 4. The predicted octanol–water partition coefficient (Wildman–Crippen LogP) is 3.11. The number of carbonyl (C=O) groups excluding carboxylic acids is 1. The summed E-state index contributed by atoms with van der Waals surface area (Å²) >= 11 is 1.45. The van der Waals surface area contributed by atoms with Crippen LogP contribution in [0.1, 0.15) is 27.9 Å². The van der Waals surface area contributed by atoms with Gasteiger partial charge in [0.2, 0.25) is 5.78 Å². The van der Waals surface area contributed by atoms with E-state index in [1.165, 1.54) is 11.3 Å². The van der Waals surface area contributed by atoms with E-state index in [1.807, 2.05) is 43.5 Å². The summed E-state index contributed by atoms with van der Waals surface area (Å²) in [6, 6.07) is 7.42. The molecule has 1 N–H and O–H groups in total. The van der Waals surface area contributed by atoms with Crippen molar-refractivity contribution in [1.82, 2.24) is 4.98 Å². The Kier molecular flexibility index (Phi) is 3.54. The summed E-state index contributed by atoms with van der Waals surface area (Å²) in [5.41, 5.74) is 1.54. The maximum absolute atomic E-state index is 12.2. The highest BCUT2D eigenvalue weighted by Crippen LogP contribution is 2.20. The van der Waals surface area contributed by atoms with Gasteiger partial charge < -0.3 is 5.32 Å². The zero-order valence-corrected chi connectivity index (χ0v) is 10.7. The lowest BCUT2D eigenvalue weighted by Crippen LogP contribution is -2.09. The van der Waals surface area contributed by atoms with E-state index in [4.69, 9.17) is 0 Å². The van der Waals surface area contributed by atoms with Crippen LogP contribution in [0.2, 0.25) is 0 Å². The number of hydrogen-bond acceptors (Lipinski definition) is 4. The molecule has 2 rings (SSSR count). The number of nitrogens with one attached hydrogen (secondary N) is 1. The second-order valence-electron chi connectivity index (χ2n) is 3.69. The van der Waals surface area contributed by atoms with Crippen molar-refractivity contribution in [3.8, 4) is 0 Å². The molecule has 0 unspecified atom stereocenters. The second-order valence-corrected chi connectivity index (χ2v) is 4.63. The number of nitrogens with zero attached hydrogens (tertiary/aromatic N) is 1. The molecule has 0 saturated carbocycles. The van der Waals surface area contributed by atoms with Crippen LogP contribution >= 0.6 is 11.3 Å². The van der Waals surface area contributed by atoms with E-state index in [2.05, 4.69) is 10.3 Å². The highest BCUT2D eigenvalue weighted by molar-refractivity contribution is 7.12. The van der Waals surface area contributed by atoms with Gasteiger partial charge in [-0.15, -0.1) is 11.3 Å². The summed E-state index contributed by atoms with van der Waals surface area (Å²) in [7, 11) is 0. The quantitative estimate of drug-likeness (QED) is 0.843. The standard InChI is InChI=1S/C13H14N2OS/c1-3-14-13-10(7-6-9(2)15-13)12(16)11-5-4-8-17-11/h4-8H,3H2,1-2H3,(H,14,15). The van der Waals surface area contributed by atoms with Gasteiger partial charge in [-0.2, -0.15) is 0 Å². The molecule has 0 fully saturated rings. The maximum atomic E-state index is 12.2. The third kappa shape index (κ3) is 2.53. The van der Waals surface area contributed by atoms with Crippen molar-refractivity contribution in [2.45, 2.75) is 13.8 Å². The molecule has 0 aliphatic heterocycles. The van der Waals surface area contributed by atoms with Crippen LogP contribution in [0.3, 0.4) is 0 Å². The molecule has 0 radical (unpaired) electrons. The topological polar surface area (TPSA) is 42.0 Å². The molecular weight excluding hydrogens is 232 g/mol. The Labute approximate surface area is 105 Å². The molecule has 2 heterocycles. The van der Waals surface area contributed by atoms with Gasteiger partial charge in [0, 0.05) is 12.2 Å². The van der Waals surface area contributed by atoms with Crippen molar-refractivity contribution < 1.29 is 4.79 Å². The number of hydrogen-bond donors (Lipinski definition) is 1. The SMILES string of the molecule is CCNc1nc(C)ccc1C(=O)c1cccs1. The largest absolute Gasteiger partial charge is 0.370 e. The molecule has 4 heteroatoms. The highest BCUT2D eigenvalue weighted by Gasteiger charge is 2.15. The molecule has 0 aliphatic rings. The van der Waals surface area contributed by atoms with Gasteiger partial charge in [0.1, 0.15) is 5.82 Å². The number of thiophene rings is 1. The number of ketones is 1. The Bertz CT molecular complexity index is 520. The Hall–Kier alpha value is -1.68. The molecule has 2 aromatic heterocycles. The van der Waals surface area contributed by atoms with Crippen LogP contribution in [-0.2, 0) is 0 Å². The van der Waals surface area contributed by atoms with Crippen molar-refractivity contribution in [3.05, 3.63) is 45.8 Å². The number of anilines is 1. The van der Waals surface area contributed by atoms with Crippen molar-refractivity contribution in [1.29, 1.82) is 0 Å². The lowest BCUT2D eigenvalue weighted by atomic mass is 10.1. The van der Waals surface area contributed by atoms with Crippen LogP contribution in [0.5, 0.6) is 0 Å². The van der Waals surface area contributed by atoms with Crippen LogP contribution in [0, 0.1) is 6.92 Å². The third-order valence-corrected chi connectivity index (χ3v) is 3.24. The Morgan fingerprint density at radius 1 is 1.41 bits per heavy atom. The maximum Gasteiger partial charge on any atom is 0.206 e. The first-order chi connectivity index (χ1) is 8.22. The zero-order chi connectivity index (χ0) is 12.3. The molecule has 17 heavy (non-hydrogen) atoms. The first-order valence-corrected chi connectivity index (χ1v) is 6.40. The fraction of sp³-hybridized carbons (Fsp3) is 0.231. The minimum Gasteiger partial charge on any atom is -0.370 e. The van der Waals surface area contributed by atoms with Crippen molar-refractivity contribution in [2.75, 3.05) is 11.9 Å². The fourth-order valence-electron chi connectivity index (χ4n) is 1.58. The molecule has 0 bridgehead atoms. The molecule has 0 amide bonds. The predicted molar refractivity (Wildman–Crippen MR) is 70.9 cm³/mol. The lowest BCUT2D eigenvalue weighted by molar-refractivity contribution is 0.104. The molecule has 88 valence electrons. The molecule has 3 nitrogen and oxygen atoms in total. The lowest BCUT2D eigenvalue weighted by Gasteiger charge is -2.08. The molecule has 0 atom stereocenters. The van der Waals surface area contributed by atoms with Gasteiger partial charge in [-0.25, -0.2) is 4.98 Å². The summed E-state index contributed by atoms with van der Waals surface area (Å²) in [5, 5.41) is 5.04. The second kappa shape index (κ2) is 5.10. The van der Waals surface area contributed by atoms with Crippen LogP contribution in [0.15, 0.2) is 29.6 Å². The molecule has 0 saturated heterocycles. The zero-order valence-electron chi connectivity index (χ0n) is 9.86. The number of pyridine rings is 1. The van der Waals surface area contributed by atoms with Gasteiger partial charge in [-0.3, -0.25) is 4.79 Å². The van der Waals surface area contributed by atoms with Crippen molar-refractivity contribution in [2.24, 2.45) is 0 Å². The van der Waals surface area contributed by atoms with Crippen molar-refractivity contribution in [3.63, 3.8) is 0 Å². The van der Waals surface area contributed by atoms with Gasteiger partial charge >= 0.3 is 0 Å². The van der Waals surface area contributed by atoms with Gasteiger partial charge in [-0.1, -0.05) is 6.07 Å². The van der Waals surface area contributed by atoms with Crippen LogP contribution in [-0.4, -0.2) is 17.3 Å². The van der Waals surface area contributed by atoms with Crippen LogP contribution < -0.4 is 5.32 Å². The van der Waals surface area contributed by atoms with E-state index in [1.54, 1.807) is 0 Å². The summed E-state index contributed by atoms with van der Waals surface area (Å²) in [4.78, 5) is 17.4. The van der Waals surface area contributed by atoms with Gasteiger partial charge in [0.15, 0.2) is 0 Å². The summed E-state index contributed by atoms with van der Waals surface area (Å²) in [6.45, 7) is 4.66. The average molecular weight is 246 g/mol. The summed E-state index contributed by atoms with van der Waals surface area (Å²) in [5.74, 6) is 0.703. The molecule has 0 aliphatic carbocycles. The third-order valence-electron chi connectivity index (χ3n) is 2.37. The van der Waals surface area contributed by atoms with E-state index in [0.717, 1.165) is 17.1 Å². The number of aryl methyl sites for hydroxylation is 1. The number of carbonyl (C=O) groups is 1.